The minimum atomic E-state index is -0.102. The first kappa shape index (κ1) is 11.6. The second-order valence-corrected chi connectivity index (χ2v) is 6.24. The number of carbonyl (C=O) groups excluding carboxylic acids is 1. The van der Waals surface area contributed by atoms with Gasteiger partial charge in [0.2, 0.25) is 0 Å². The Morgan fingerprint density at radius 3 is 2.69 bits per heavy atom. The lowest BCUT2D eigenvalue weighted by Crippen LogP contribution is -2.17. The van der Waals surface area contributed by atoms with E-state index in [9.17, 15) is 4.79 Å². The van der Waals surface area contributed by atoms with Crippen molar-refractivity contribution in [3.05, 3.63) is 21.9 Å². The first-order chi connectivity index (χ1) is 7.56. The molecule has 1 amide bonds. The summed E-state index contributed by atoms with van der Waals surface area (Å²) in [7, 11) is 3.99. The second kappa shape index (κ2) is 4.57. The number of hydrogen-bond donors (Lipinski definition) is 1. The van der Waals surface area contributed by atoms with E-state index in [1.165, 1.54) is 11.8 Å². The molecule has 0 unspecified atom stereocenters. The van der Waals surface area contributed by atoms with E-state index in [0.717, 1.165) is 9.88 Å². The Morgan fingerprint density at radius 2 is 2.19 bits per heavy atom. The van der Waals surface area contributed by atoms with Crippen LogP contribution >= 0.6 is 35.3 Å². The number of amides is 1. The van der Waals surface area contributed by atoms with Crippen LogP contribution in [0.4, 0.5) is 5.00 Å². The molecule has 3 nitrogen and oxygen atoms in total. The number of nitrogens with zero attached hydrogens (tertiary/aromatic N) is 1. The molecule has 6 heteroatoms. The van der Waals surface area contributed by atoms with Crippen molar-refractivity contribution in [1.29, 1.82) is 0 Å². The van der Waals surface area contributed by atoms with Crippen LogP contribution in [0, 0.1) is 0 Å². The highest BCUT2D eigenvalue weighted by atomic mass is 32.2. The van der Waals surface area contributed by atoms with Gasteiger partial charge in [0.15, 0.2) is 0 Å². The van der Waals surface area contributed by atoms with Crippen molar-refractivity contribution < 1.29 is 4.79 Å². The zero-order chi connectivity index (χ0) is 11.7. The van der Waals surface area contributed by atoms with Gasteiger partial charge in [0.25, 0.3) is 5.91 Å². The maximum atomic E-state index is 11.4. The molecule has 16 heavy (non-hydrogen) atoms. The number of nitrogens with one attached hydrogen (secondary N) is 1. The molecule has 0 atom stereocenters. The summed E-state index contributed by atoms with van der Waals surface area (Å²) in [6, 6.07) is 4.04. The standard InChI is InChI=1S/C10H10N2OS3/c1-12(2)8-4-3-6(15-8)5-7-9(13)11-10(14)16-7/h3-5H,1-2H3,(H,11,13,14)/b7-5+. The molecule has 0 aromatic carbocycles. The van der Waals surface area contributed by atoms with Crippen molar-refractivity contribution in [1.82, 2.24) is 5.32 Å². The van der Waals surface area contributed by atoms with Gasteiger partial charge in [-0.15, -0.1) is 11.3 Å². The van der Waals surface area contributed by atoms with E-state index in [4.69, 9.17) is 12.2 Å². The monoisotopic (exact) mass is 270 g/mol. The number of thiophene rings is 1. The largest absolute Gasteiger partial charge is 0.370 e. The summed E-state index contributed by atoms with van der Waals surface area (Å²) >= 11 is 7.88. The summed E-state index contributed by atoms with van der Waals surface area (Å²) in [6.45, 7) is 0. The fourth-order valence-electron chi connectivity index (χ4n) is 1.21. The van der Waals surface area contributed by atoms with Gasteiger partial charge in [0.05, 0.1) is 9.91 Å². The molecule has 1 aromatic rings. The minimum Gasteiger partial charge on any atom is -0.370 e. The van der Waals surface area contributed by atoms with Crippen LogP contribution in [0.3, 0.4) is 0 Å². The number of rotatable bonds is 2. The van der Waals surface area contributed by atoms with Gasteiger partial charge in [-0.25, -0.2) is 0 Å². The molecule has 1 N–H and O–H groups in total. The van der Waals surface area contributed by atoms with Gasteiger partial charge in [0.1, 0.15) is 4.32 Å². The predicted octanol–water partition coefficient (Wildman–Crippen LogP) is 2.30. The molecular formula is C10H10N2OS3. The van der Waals surface area contributed by atoms with Crippen LogP contribution in [0.15, 0.2) is 17.0 Å². The van der Waals surface area contributed by atoms with E-state index < -0.39 is 0 Å². The van der Waals surface area contributed by atoms with Crippen molar-refractivity contribution in [2.24, 2.45) is 0 Å². The lowest BCUT2D eigenvalue weighted by atomic mass is 10.4. The van der Waals surface area contributed by atoms with Gasteiger partial charge >= 0.3 is 0 Å². The van der Waals surface area contributed by atoms with E-state index in [1.54, 1.807) is 11.3 Å². The molecule has 1 aliphatic heterocycles. The van der Waals surface area contributed by atoms with Gasteiger partial charge in [-0.1, -0.05) is 24.0 Å². The number of anilines is 1. The summed E-state index contributed by atoms with van der Waals surface area (Å²) < 4.78 is 0.528. The Bertz CT molecular complexity index is 476. The van der Waals surface area contributed by atoms with Crippen molar-refractivity contribution in [2.75, 3.05) is 19.0 Å². The third-order valence-electron chi connectivity index (χ3n) is 1.97. The summed E-state index contributed by atoms with van der Waals surface area (Å²) in [6.07, 6.45) is 1.87. The first-order valence-corrected chi connectivity index (χ1v) is 6.62. The van der Waals surface area contributed by atoms with Gasteiger partial charge < -0.3 is 10.2 Å². The van der Waals surface area contributed by atoms with Crippen molar-refractivity contribution in [3.8, 4) is 0 Å². The molecule has 84 valence electrons. The Balaban J connectivity index is 2.22. The third kappa shape index (κ3) is 2.45. The summed E-state index contributed by atoms with van der Waals surface area (Å²) in [5.41, 5.74) is 0. The topological polar surface area (TPSA) is 32.3 Å². The van der Waals surface area contributed by atoms with Crippen LogP contribution in [0.25, 0.3) is 6.08 Å². The molecule has 2 heterocycles. The number of hydrogen-bond acceptors (Lipinski definition) is 5. The van der Waals surface area contributed by atoms with Crippen LogP contribution in [-0.4, -0.2) is 24.3 Å². The smallest absolute Gasteiger partial charge is 0.263 e. The summed E-state index contributed by atoms with van der Waals surface area (Å²) in [5.74, 6) is -0.102. The van der Waals surface area contributed by atoms with E-state index in [2.05, 4.69) is 5.32 Å². The van der Waals surface area contributed by atoms with Crippen LogP contribution < -0.4 is 10.2 Å². The van der Waals surface area contributed by atoms with Gasteiger partial charge in [-0.2, -0.15) is 0 Å². The fraction of sp³-hybridized carbons (Fsp3) is 0.200. The van der Waals surface area contributed by atoms with Gasteiger partial charge in [-0.3, -0.25) is 4.79 Å². The second-order valence-electron chi connectivity index (χ2n) is 3.42. The number of thioether (sulfide) groups is 1. The highest BCUT2D eigenvalue weighted by Crippen LogP contribution is 2.30. The molecule has 1 saturated heterocycles. The normalized spacial score (nSPS) is 18.0. The molecule has 0 spiro atoms. The third-order valence-corrected chi connectivity index (χ3v) is 4.33. The molecule has 1 aliphatic rings. The van der Waals surface area contributed by atoms with Crippen LogP contribution in [-0.2, 0) is 4.79 Å². The number of carbonyl (C=O) groups is 1. The molecule has 0 saturated carbocycles. The van der Waals surface area contributed by atoms with E-state index in [1.807, 2.05) is 37.2 Å². The van der Waals surface area contributed by atoms with Crippen LogP contribution in [0.2, 0.25) is 0 Å². The maximum Gasteiger partial charge on any atom is 0.263 e. The highest BCUT2D eigenvalue weighted by molar-refractivity contribution is 8.26. The zero-order valence-electron chi connectivity index (χ0n) is 8.81. The lowest BCUT2D eigenvalue weighted by molar-refractivity contribution is -0.115. The van der Waals surface area contributed by atoms with Crippen LogP contribution in [0.1, 0.15) is 4.88 Å². The molecule has 0 radical (unpaired) electrons. The average molecular weight is 270 g/mol. The van der Waals surface area contributed by atoms with Gasteiger partial charge in [-0.05, 0) is 18.2 Å². The minimum absolute atomic E-state index is 0.102. The van der Waals surface area contributed by atoms with Crippen molar-refractivity contribution in [3.63, 3.8) is 0 Å². The molecule has 0 aliphatic carbocycles. The predicted molar refractivity (Wildman–Crippen MR) is 75.0 cm³/mol. The fourth-order valence-corrected chi connectivity index (χ4v) is 3.19. The molecule has 1 fully saturated rings. The Hall–Kier alpha value is -0.850. The average Bonchev–Trinajstić information content (AvgIpc) is 2.75. The first-order valence-electron chi connectivity index (χ1n) is 4.58. The van der Waals surface area contributed by atoms with E-state index in [0.29, 0.717) is 9.23 Å². The summed E-state index contributed by atoms with van der Waals surface area (Å²) in [5, 5.41) is 3.76. The number of thiocarbonyl (C=S) groups is 1. The van der Waals surface area contributed by atoms with Crippen molar-refractivity contribution >= 4 is 56.6 Å². The Morgan fingerprint density at radius 1 is 1.44 bits per heavy atom. The Kier molecular flexibility index (Phi) is 3.32. The quantitative estimate of drug-likeness (QED) is 0.660. The SMILES string of the molecule is CN(C)c1ccc(/C=C2/SC(=S)NC2=O)s1. The van der Waals surface area contributed by atoms with Gasteiger partial charge in [0, 0.05) is 19.0 Å². The maximum absolute atomic E-state index is 11.4. The molecular weight excluding hydrogens is 260 g/mol. The zero-order valence-corrected chi connectivity index (χ0v) is 11.3. The lowest BCUT2D eigenvalue weighted by Gasteiger charge is -2.06. The molecule has 2 rings (SSSR count). The van der Waals surface area contributed by atoms with Crippen LogP contribution in [0.5, 0.6) is 0 Å². The van der Waals surface area contributed by atoms with E-state index >= 15 is 0 Å². The molecule has 0 bridgehead atoms. The highest BCUT2D eigenvalue weighted by Gasteiger charge is 2.22. The van der Waals surface area contributed by atoms with Crippen molar-refractivity contribution in [2.45, 2.75) is 0 Å². The van der Waals surface area contributed by atoms with E-state index in [-0.39, 0.29) is 5.91 Å². The summed E-state index contributed by atoms with van der Waals surface area (Å²) in [4.78, 5) is 15.2. The molecule has 1 aromatic heterocycles. The Labute approximate surface area is 108 Å².